The molecule has 1 heterocycles. The normalized spacial score (nSPS) is 11.2. The topological polar surface area (TPSA) is 71.9 Å². The lowest BCUT2D eigenvalue weighted by Gasteiger charge is -2.15. The fraction of sp³-hybridized carbons (Fsp3) is 0.261. The summed E-state index contributed by atoms with van der Waals surface area (Å²) in [4.78, 5) is 41.8. The van der Waals surface area contributed by atoms with Crippen LogP contribution in [0.2, 0.25) is 10.0 Å². The minimum atomic E-state index is -0.659. The maximum Gasteiger partial charge on any atom is 0.329 e. The van der Waals surface area contributed by atoms with Gasteiger partial charge in [0.15, 0.2) is 0 Å². The van der Waals surface area contributed by atoms with Crippen LogP contribution in [-0.4, -0.2) is 15.3 Å². The molecule has 0 bridgehead atoms. The summed E-state index contributed by atoms with van der Waals surface area (Å²) in [6.07, 6.45) is 0. The highest BCUT2D eigenvalue weighted by Gasteiger charge is 2.23. The van der Waals surface area contributed by atoms with E-state index < -0.39 is 11.2 Å². The van der Waals surface area contributed by atoms with Crippen molar-refractivity contribution in [2.24, 2.45) is 0 Å². The molecule has 0 aliphatic carbocycles. The Morgan fingerprint density at radius 3 is 2.07 bits per heavy atom. The maximum absolute atomic E-state index is 13.2. The Morgan fingerprint density at radius 2 is 1.53 bits per heavy atom. The molecule has 0 unspecified atom stereocenters. The highest BCUT2D eigenvalue weighted by Crippen LogP contribution is 2.21. The number of halogens is 2. The number of ketones is 1. The van der Waals surface area contributed by atoms with E-state index in [1.807, 2.05) is 33.8 Å². The largest absolute Gasteiger partial charge is 0.329 e. The fourth-order valence-electron chi connectivity index (χ4n) is 3.58. The molecule has 2 aromatic carbocycles. The van der Waals surface area contributed by atoms with Crippen LogP contribution in [0.25, 0.3) is 0 Å². The van der Waals surface area contributed by atoms with Crippen molar-refractivity contribution in [1.29, 1.82) is 0 Å². The van der Waals surface area contributed by atoms with E-state index in [0.717, 1.165) is 15.7 Å². The van der Waals surface area contributed by atoms with Gasteiger partial charge in [-0.05, 0) is 55.7 Å². The van der Waals surface area contributed by atoms with Gasteiger partial charge in [0.25, 0.3) is 5.56 Å². The molecule has 0 radical (unpaired) electrons. The number of aromatic amines is 1. The summed E-state index contributed by atoms with van der Waals surface area (Å²) in [6, 6.07) is 10.3. The molecule has 7 heteroatoms. The average molecular weight is 445 g/mol. The standard InChI is InChI=1S/C23H22Cl2N2O3/c1-12(2)19-20(21(28)16-6-13(3)5-14(4)7-16)26-23(30)27(22(19)29)11-15-8-17(24)10-18(25)9-15/h5-10,12H,11H2,1-4H3,(H,26,30). The monoisotopic (exact) mass is 444 g/mol. The second-order valence-corrected chi connectivity index (χ2v) is 8.62. The summed E-state index contributed by atoms with van der Waals surface area (Å²) in [5, 5.41) is 0.820. The first-order chi connectivity index (χ1) is 14.1. The molecule has 5 nitrogen and oxygen atoms in total. The minimum absolute atomic E-state index is 0.00775. The van der Waals surface area contributed by atoms with Crippen molar-refractivity contribution >= 4 is 29.0 Å². The van der Waals surface area contributed by atoms with Crippen LogP contribution in [0.5, 0.6) is 0 Å². The van der Waals surface area contributed by atoms with Crippen LogP contribution in [0.1, 0.15) is 58.1 Å². The van der Waals surface area contributed by atoms with Gasteiger partial charge in [-0.1, -0.05) is 54.2 Å². The van der Waals surface area contributed by atoms with E-state index in [-0.39, 0.29) is 29.5 Å². The molecule has 0 saturated heterocycles. The molecular weight excluding hydrogens is 423 g/mol. The van der Waals surface area contributed by atoms with Crippen LogP contribution < -0.4 is 11.2 Å². The van der Waals surface area contributed by atoms with Gasteiger partial charge in [-0.2, -0.15) is 0 Å². The Kier molecular flexibility index (Phi) is 6.34. The summed E-state index contributed by atoms with van der Waals surface area (Å²) in [7, 11) is 0. The Labute approximate surface area is 184 Å². The third-order valence-corrected chi connectivity index (χ3v) is 5.21. The number of carbonyl (C=O) groups excluding carboxylic acids is 1. The lowest BCUT2D eigenvalue weighted by molar-refractivity contribution is 0.103. The van der Waals surface area contributed by atoms with Crippen LogP contribution in [0.15, 0.2) is 46.0 Å². The fourth-order valence-corrected chi connectivity index (χ4v) is 4.15. The highest BCUT2D eigenvalue weighted by atomic mass is 35.5. The van der Waals surface area contributed by atoms with Crippen molar-refractivity contribution in [3.8, 4) is 0 Å². The van der Waals surface area contributed by atoms with Gasteiger partial charge in [0.1, 0.15) is 0 Å². The van der Waals surface area contributed by atoms with Gasteiger partial charge in [0.05, 0.1) is 12.2 Å². The third kappa shape index (κ3) is 4.58. The first-order valence-electron chi connectivity index (χ1n) is 9.51. The lowest BCUT2D eigenvalue weighted by Crippen LogP contribution is -2.40. The van der Waals surface area contributed by atoms with E-state index in [1.165, 1.54) is 0 Å². The van der Waals surface area contributed by atoms with Gasteiger partial charge >= 0.3 is 5.69 Å². The highest BCUT2D eigenvalue weighted by molar-refractivity contribution is 6.34. The number of carbonyl (C=O) groups is 1. The predicted octanol–water partition coefficient (Wildman–Crippen LogP) is 4.86. The van der Waals surface area contributed by atoms with E-state index >= 15 is 0 Å². The Hall–Kier alpha value is -2.63. The van der Waals surface area contributed by atoms with Crippen molar-refractivity contribution in [2.45, 2.75) is 40.2 Å². The third-order valence-electron chi connectivity index (χ3n) is 4.77. The summed E-state index contributed by atoms with van der Waals surface area (Å²) in [6.45, 7) is 7.40. The molecule has 0 aliphatic rings. The summed E-state index contributed by atoms with van der Waals surface area (Å²) < 4.78 is 1.07. The number of nitrogens with one attached hydrogen (secondary N) is 1. The zero-order valence-corrected chi connectivity index (χ0v) is 18.7. The molecule has 30 heavy (non-hydrogen) atoms. The number of hydrogen-bond donors (Lipinski definition) is 1. The number of nitrogens with zero attached hydrogens (tertiary/aromatic N) is 1. The average Bonchev–Trinajstić information content (AvgIpc) is 2.62. The molecule has 156 valence electrons. The summed E-state index contributed by atoms with van der Waals surface area (Å²) in [5.74, 6) is -0.647. The van der Waals surface area contributed by atoms with E-state index in [0.29, 0.717) is 21.2 Å². The molecule has 3 rings (SSSR count). The van der Waals surface area contributed by atoms with Crippen LogP contribution in [0, 0.1) is 13.8 Å². The van der Waals surface area contributed by atoms with Crippen molar-refractivity contribution < 1.29 is 4.79 Å². The zero-order valence-electron chi connectivity index (χ0n) is 17.2. The van der Waals surface area contributed by atoms with Gasteiger partial charge in [-0.15, -0.1) is 0 Å². The van der Waals surface area contributed by atoms with Gasteiger partial charge in [0.2, 0.25) is 5.78 Å². The number of hydrogen-bond acceptors (Lipinski definition) is 3. The van der Waals surface area contributed by atoms with Crippen LogP contribution in [-0.2, 0) is 6.54 Å². The van der Waals surface area contributed by atoms with Crippen molar-refractivity contribution in [1.82, 2.24) is 9.55 Å². The Bertz CT molecular complexity index is 1220. The molecule has 0 aliphatic heterocycles. The molecule has 3 aromatic rings. The molecular formula is C23H22Cl2N2O3. The second-order valence-electron chi connectivity index (χ2n) is 7.75. The molecule has 0 saturated carbocycles. The van der Waals surface area contributed by atoms with Gasteiger partial charge in [-0.3, -0.25) is 14.2 Å². The quantitative estimate of drug-likeness (QED) is 0.570. The summed E-state index contributed by atoms with van der Waals surface area (Å²) >= 11 is 12.1. The number of benzene rings is 2. The SMILES string of the molecule is Cc1cc(C)cc(C(=O)c2[nH]c(=O)n(Cc3cc(Cl)cc(Cl)c3)c(=O)c2C(C)C)c1. The number of rotatable bonds is 5. The van der Waals surface area contributed by atoms with Crippen LogP contribution in [0.4, 0.5) is 0 Å². The molecule has 0 spiro atoms. The van der Waals surface area contributed by atoms with E-state index in [4.69, 9.17) is 23.2 Å². The van der Waals surface area contributed by atoms with Crippen molar-refractivity contribution in [3.05, 3.63) is 101 Å². The zero-order chi connectivity index (χ0) is 22.2. The first kappa shape index (κ1) is 22.1. The molecule has 0 fully saturated rings. The van der Waals surface area contributed by atoms with E-state index in [9.17, 15) is 14.4 Å². The lowest BCUT2D eigenvalue weighted by atomic mass is 9.95. The maximum atomic E-state index is 13.2. The second kappa shape index (κ2) is 8.62. The van der Waals surface area contributed by atoms with Crippen LogP contribution in [0.3, 0.4) is 0 Å². The minimum Gasteiger partial charge on any atom is -0.303 e. The van der Waals surface area contributed by atoms with E-state index in [1.54, 1.807) is 30.3 Å². The smallest absolute Gasteiger partial charge is 0.303 e. The number of aromatic nitrogens is 2. The first-order valence-corrected chi connectivity index (χ1v) is 10.3. The molecule has 0 atom stereocenters. The van der Waals surface area contributed by atoms with Gasteiger partial charge in [0, 0.05) is 21.2 Å². The Morgan fingerprint density at radius 1 is 0.967 bits per heavy atom. The van der Waals surface area contributed by atoms with E-state index in [2.05, 4.69) is 4.98 Å². The number of H-pyrrole nitrogens is 1. The van der Waals surface area contributed by atoms with Gasteiger partial charge < -0.3 is 4.98 Å². The summed E-state index contributed by atoms with van der Waals surface area (Å²) in [5.41, 5.74) is 2.05. The molecule has 1 N–H and O–H groups in total. The van der Waals surface area contributed by atoms with Crippen molar-refractivity contribution in [3.63, 3.8) is 0 Å². The van der Waals surface area contributed by atoms with Crippen LogP contribution >= 0.6 is 23.2 Å². The number of aryl methyl sites for hydroxylation is 2. The van der Waals surface area contributed by atoms with Gasteiger partial charge in [-0.25, -0.2) is 4.79 Å². The Balaban J connectivity index is 2.16. The molecule has 0 amide bonds. The van der Waals surface area contributed by atoms with Crippen molar-refractivity contribution in [2.75, 3.05) is 0 Å². The molecule has 1 aromatic heterocycles. The predicted molar refractivity (Wildman–Crippen MR) is 120 cm³/mol.